The summed E-state index contributed by atoms with van der Waals surface area (Å²) in [5.74, 6) is 0. The molecule has 1 saturated carbocycles. The van der Waals surface area contributed by atoms with E-state index in [0.29, 0.717) is 0 Å². The number of aryl methyl sites for hydroxylation is 1. The molecule has 0 aromatic carbocycles. The van der Waals surface area contributed by atoms with Gasteiger partial charge >= 0.3 is 5.69 Å². The molecular weight excluding hydrogens is 252 g/mol. The fraction of sp³-hybridized carbons (Fsp3) is 0.812. The Morgan fingerprint density at radius 2 is 1.95 bits per heavy atom. The highest BCUT2D eigenvalue weighted by Crippen LogP contribution is 2.42. The summed E-state index contributed by atoms with van der Waals surface area (Å²) in [6.07, 6.45) is 13.7. The highest BCUT2D eigenvalue weighted by molar-refractivity contribution is 4.92. The zero-order valence-electron chi connectivity index (χ0n) is 12.5. The first-order chi connectivity index (χ1) is 9.72. The van der Waals surface area contributed by atoms with Gasteiger partial charge in [-0.05, 0) is 32.1 Å². The lowest BCUT2D eigenvalue weighted by molar-refractivity contribution is -0.0682. The molecule has 1 unspecified atom stereocenters. The molecule has 0 bridgehead atoms. The Morgan fingerprint density at radius 1 is 1.20 bits per heavy atom. The van der Waals surface area contributed by atoms with E-state index >= 15 is 0 Å². The van der Waals surface area contributed by atoms with Crippen molar-refractivity contribution in [1.82, 2.24) is 9.13 Å². The van der Waals surface area contributed by atoms with E-state index < -0.39 is 0 Å². The molecule has 1 spiro atoms. The van der Waals surface area contributed by atoms with Gasteiger partial charge in [0.2, 0.25) is 0 Å². The normalized spacial score (nSPS) is 25.4. The van der Waals surface area contributed by atoms with Crippen LogP contribution >= 0.6 is 0 Å². The van der Waals surface area contributed by atoms with Crippen molar-refractivity contribution in [2.75, 3.05) is 0 Å². The van der Waals surface area contributed by atoms with Crippen LogP contribution in [0.2, 0.25) is 0 Å². The van der Waals surface area contributed by atoms with E-state index in [1.165, 1.54) is 38.5 Å². The van der Waals surface area contributed by atoms with E-state index in [2.05, 4.69) is 6.92 Å². The molecule has 1 aliphatic heterocycles. The Hall–Kier alpha value is -1.03. The second kappa shape index (κ2) is 5.76. The molecule has 0 radical (unpaired) electrons. The Kier molecular flexibility index (Phi) is 4.01. The SMILES string of the molecule is CCCn1ccn(CC2CCC3(CCCCC3)O2)c1=O. The lowest BCUT2D eigenvalue weighted by Crippen LogP contribution is -2.34. The molecule has 1 saturated heterocycles. The van der Waals surface area contributed by atoms with Crippen molar-refractivity contribution in [3.8, 4) is 0 Å². The second-order valence-electron chi connectivity index (χ2n) is 6.45. The van der Waals surface area contributed by atoms with Crippen LogP contribution in [0.1, 0.15) is 58.3 Å². The molecule has 2 heterocycles. The number of ether oxygens (including phenoxy) is 1. The maximum absolute atomic E-state index is 12.2. The molecule has 2 aliphatic rings. The van der Waals surface area contributed by atoms with Gasteiger partial charge in [-0.25, -0.2) is 4.79 Å². The Labute approximate surface area is 120 Å². The second-order valence-corrected chi connectivity index (χ2v) is 6.45. The van der Waals surface area contributed by atoms with Gasteiger partial charge in [-0.1, -0.05) is 26.2 Å². The molecule has 1 aromatic rings. The van der Waals surface area contributed by atoms with Crippen LogP contribution in [0.3, 0.4) is 0 Å². The molecular formula is C16H26N2O2. The molecule has 1 aliphatic carbocycles. The third kappa shape index (κ3) is 2.71. The zero-order valence-corrected chi connectivity index (χ0v) is 12.5. The van der Waals surface area contributed by atoms with Gasteiger partial charge in [0.1, 0.15) is 0 Å². The third-order valence-electron chi connectivity index (χ3n) is 4.89. The van der Waals surface area contributed by atoms with E-state index in [1.807, 2.05) is 17.0 Å². The summed E-state index contributed by atoms with van der Waals surface area (Å²) >= 11 is 0. The van der Waals surface area contributed by atoms with Crippen LogP contribution in [0.15, 0.2) is 17.2 Å². The van der Waals surface area contributed by atoms with Crippen molar-refractivity contribution in [3.05, 3.63) is 22.9 Å². The van der Waals surface area contributed by atoms with Crippen LogP contribution in [0.4, 0.5) is 0 Å². The molecule has 1 atom stereocenters. The largest absolute Gasteiger partial charge is 0.370 e. The number of rotatable bonds is 4. The lowest BCUT2D eigenvalue weighted by Gasteiger charge is -2.33. The van der Waals surface area contributed by atoms with Crippen molar-refractivity contribution in [2.45, 2.75) is 83.1 Å². The maximum Gasteiger partial charge on any atom is 0.328 e. The third-order valence-corrected chi connectivity index (χ3v) is 4.89. The van der Waals surface area contributed by atoms with Crippen LogP contribution in [0.25, 0.3) is 0 Å². The molecule has 112 valence electrons. The highest BCUT2D eigenvalue weighted by Gasteiger charge is 2.40. The first-order valence-corrected chi connectivity index (χ1v) is 8.16. The number of nitrogens with zero attached hydrogens (tertiary/aromatic N) is 2. The van der Waals surface area contributed by atoms with Gasteiger partial charge < -0.3 is 4.74 Å². The van der Waals surface area contributed by atoms with E-state index in [0.717, 1.165) is 25.9 Å². The zero-order chi connectivity index (χ0) is 14.0. The average Bonchev–Trinajstić information content (AvgIpc) is 2.99. The van der Waals surface area contributed by atoms with Crippen LogP contribution in [-0.4, -0.2) is 20.8 Å². The van der Waals surface area contributed by atoms with Gasteiger partial charge in [0.25, 0.3) is 0 Å². The summed E-state index contributed by atoms with van der Waals surface area (Å²) in [7, 11) is 0. The molecule has 1 aromatic heterocycles. The number of aromatic nitrogens is 2. The minimum absolute atomic E-state index is 0.111. The van der Waals surface area contributed by atoms with Crippen LogP contribution in [0.5, 0.6) is 0 Å². The summed E-state index contributed by atoms with van der Waals surface area (Å²) in [5, 5.41) is 0. The summed E-state index contributed by atoms with van der Waals surface area (Å²) in [6.45, 7) is 3.62. The van der Waals surface area contributed by atoms with E-state index in [1.54, 1.807) is 4.57 Å². The first-order valence-electron chi connectivity index (χ1n) is 8.16. The Bertz CT molecular complexity index is 497. The summed E-state index contributed by atoms with van der Waals surface area (Å²) < 4.78 is 9.97. The molecule has 2 fully saturated rings. The first kappa shape index (κ1) is 13.9. The van der Waals surface area contributed by atoms with Gasteiger partial charge in [0.05, 0.1) is 18.2 Å². The van der Waals surface area contributed by atoms with Gasteiger partial charge in [-0.3, -0.25) is 9.13 Å². The van der Waals surface area contributed by atoms with E-state index in [-0.39, 0.29) is 17.4 Å². The number of hydrogen-bond donors (Lipinski definition) is 0. The molecule has 4 nitrogen and oxygen atoms in total. The lowest BCUT2D eigenvalue weighted by atomic mass is 9.83. The van der Waals surface area contributed by atoms with Crippen LogP contribution in [0, 0.1) is 0 Å². The maximum atomic E-state index is 12.2. The standard InChI is InChI=1S/C16H26N2O2/c1-2-10-17-11-12-18(15(17)19)13-14-6-9-16(20-14)7-4-3-5-8-16/h11-12,14H,2-10,13H2,1H3. The summed E-state index contributed by atoms with van der Waals surface area (Å²) in [6, 6.07) is 0. The van der Waals surface area contributed by atoms with Crippen molar-refractivity contribution < 1.29 is 4.74 Å². The summed E-state index contributed by atoms with van der Waals surface area (Å²) in [4.78, 5) is 12.2. The fourth-order valence-corrected chi connectivity index (χ4v) is 3.81. The fourth-order valence-electron chi connectivity index (χ4n) is 3.81. The van der Waals surface area contributed by atoms with Gasteiger partial charge in [-0.15, -0.1) is 0 Å². The number of hydrogen-bond acceptors (Lipinski definition) is 2. The molecule has 20 heavy (non-hydrogen) atoms. The highest BCUT2D eigenvalue weighted by atomic mass is 16.5. The minimum atomic E-state index is 0.111. The molecule has 4 heteroatoms. The number of imidazole rings is 1. The monoisotopic (exact) mass is 278 g/mol. The van der Waals surface area contributed by atoms with Crippen LogP contribution in [-0.2, 0) is 17.8 Å². The van der Waals surface area contributed by atoms with Gasteiger partial charge in [-0.2, -0.15) is 0 Å². The average molecular weight is 278 g/mol. The summed E-state index contributed by atoms with van der Waals surface area (Å²) in [5.41, 5.74) is 0.262. The molecule has 0 N–H and O–H groups in total. The quantitative estimate of drug-likeness (QED) is 0.849. The minimum Gasteiger partial charge on any atom is -0.370 e. The molecule has 3 rings (SSSR count). The van der Waals surface area contributed by atoms with Crippen molar-refractivity contribution in [1.29, 1.82) is 0 Å². The van der Waals surface area contributed by atoms with Crippen molar-refractivity contribution in [2.24, 2.45) is 0 Å². The van der Waals surface area contributed by atoms with Gasteiger partial charge in [0.15, 0.2) is 0 Å². The Balaban J connectivity index is 1.63. The van der Waals surface area contributed by atoms with Crippen LogP contribution < -0.4 is 5.69 Å². The van der Waals surface area contributed by atoms with E-state index in [4.69, 9.17) is 4.74 Å². The predicted octanol–water partition coefficient (Wildman–Crippen LogP) is 2.94. The Morgan fingerprint density at radius 3 is 2.70 bits per heavy atom. The van der Waals surface area contributed by atoms with Gasteiger partial charge in [0, 0.05) is 18.9 Å². The topological polar surface area (TPSA) is 36.2 Å². The van der Waals surface area contributed by atoms with Crippen molar-refractivity contribution >= 4 is 0 Å². The molecule has 0 amide bonds. The van der Waals surface area contributed by atoms with Crippen molar-refractivity contribution in [3.63, 3.8) is 0 Å². The predicted molar refractivity (Wildman–Crippen MR) is 78.9 cm³/mol. The smallest absolute Gasteiger partial charge is 0.328 e. The van der Waals surface area contributed by atoms with E-state index in [9.17, 15) is 4.79 Å².